The molecule has 20 heavy (non-hydrogen) atoms. The average molecular weight is 285 g/mol. The number of carboxylic acids is 1. The first-order valence-corrected chi connectivity index (χ1v) is 7.28. The standard InChI is InChI=1S/C14H27N3O3/c1-5-17(10(2)9-16(3)4)14(20)15-12(8-13(18)19)11-6-7-11/h10-12H,5-9H2,1-4H3,(H,15,20)(H,18,19). The Morgan fingerprint density at radius 3 is 2.35 bits per heavy atom. The summed E-state index contributed by atoms with van der Waals surface area (Å²) in [6.07, 6.45) is 2.03. The molecule has 0 aliphatic heterocycles. The molecule has 1 fully saturated rings. The normalized spacial score (nSPS) is 17.6. The summed E-state index contributed by atoms with van der Waals surface area (Å²) in [5.41, 5.74) is 0. The average Bonchev–Trinajstić information content (AvgIpc) is 3.10. The van der Waals surface area contributed by atoms with E-state index in [0.29, 0.717) is 12.5 Å². The highest BCUT2D eigenvalue weighted by Crippen LogP contribution is 2.34. The molecule has 2 atom stereocenters. The quantitative estimate of drug-likeness (QED) is 0.703. The number of carbonyl (C=O) groups excluding carboxylic acids is 1. The van der Waals surface area contributed by atoms with Gasteiger partial charge in [0.2, 0.25) is 0 Å². The van der Waals surface area contributed by atoms with Gasteiger partial charge in [0.05, 0.1) is 6.42 Å². The lowest BCUT2D eigenvalue weighted by Crippen LogP contribution is -2.51. The molecule has 1 rings (SSSR count). The van der Waals surface area contributed by atoms with Crippen molar-refractivity contribution in [1.29, 1.82) is 0 Å². The lowest BCUT2D eigenvalue weighted by atomic mass is 10.1. The van der Waals surface area contributed by atoms with Crippen LogP contribution in [0, 0.1) is 5.92 Å². The molecule has 2 N–H and O–H groups in total. The summed E-state index contributed by atoms with van der Waals surface area (Å²) < 4.78 is 0. The fraction of sp³-hybridized carbons (Fsp3) is 0.857. The second-order valence-electron chi connectivity index (χ2n) is 5.89. The van der Waals surface area contributed by atoms with Crippen LogP contribution in [0.3, 0.4) is 0 Å². The lowest BCUT2D eigenvalue weighted by molar-refractivity contribution is -0.137. The minimum absolute atomic E-state index is 0.00994. The second-order valence-corrected chi connectivity index (χ2v) is 5.89. The number of carboxylic acid groups (broad SMARTS) is 1. The minimum atomic E-state index is -0.855. The van der Waals surface area contributed by atoms with Gasteiger partial charge in [0.15, 0.2) is 0 Å². The molecule has 1 aliphatic carbocycles. The number of hydrogen-bond acceptors (Lipinski definition) is 3. The van der Waals surface area contributed by atoms with E-state index < -0.39 is 5.97 Å². The first-order valence-electron chi connectivity index (χ1n) is 7.28. The summed E-state index contributed by atoms with van der Waals surface area (Å²) in [6.45, 7) is 5.35. The molecule has 0 spiro atoms. The Bertz CT molecular complexity index is 343. The number of hydrogen-bond donors (Lipinski definition) is 2. The van der Waals surface area contributed by atoms with Gasteiger partial charge in [0.25, 0.3) is 0 Å². The zero-order chi connectivity index (χ0) is 15.3. The maximum Gasteiger partial charge on any atom is 0.317 e. The summed E-state index contributed by atoms with van der Waals surface area (Å²) in [5, 5.41) is 11.8. The Labute approximate surface area is 121 Å². The fourth-order valence-electron chi connectivity index (χ4n) is 2.55. The molecule has 0 radical (unpaired) electrons. The van der Waals surface area contributed by atoms with E-state index in [4.69, 9.17) is 5.11 Å². The molecule has 1 aliphatic rings. The van der Waals surface area contributed by atoms with Crippen molar-refractivity contribution in [2.75, 3.05) is 27.2 Å². The van der Waals surface area contributed by atoms with Crippen molar-refractivity contribution < 1.29 is 14.7 Å². The summed E-state index contributed by atoms with van der Waals surface area (Å²) in [5.74, 6) is -0.524. The number of likely N-dealkylation sites (N-methyl/N-ethyl adjacent to an activating group) is 2. The van der Waals surface area contributed by atoms with Crippen molar-refractivity contribution >= 4 is 12.0 Å². The molecule has 0 bridgehead atoms. The van der Waals surface area contributed by atoms with Crippen LogP contribution >= 0.6 is 0 Å². The first-order chi connectivity index (χ1) is 9.35. The highest BCUT2D eigenvalue weighted by Gasteiger charge is 2.34. The fourth-order valence-corrected chi connectivity index (χ4v) is 2.55. The molecule has 0 aromatic heterocycles. The van der Waals surface area contributed by atoms with Crippen LogP contribution in [0.5, 0.6) is 0 Å². The maximum absolute atomic E-state index is 12.3. The molecule has 6 nitrogen and oxygen atoms in total. The summed E-state index contributed by atoms with van der Waals surface area (Å²) in [6, 6.07) is -0.291. The molecular formula is C14H27N3O3. The topological polar surface area (TPSA) is 72.9 Å². The molecule has 6 heteroatoms. The molecule has 116 valence electrons. The van der Waals surface area contributed by atoms with Crippen molar-refractivity contribution in [3.8, 4) is 0 Å². The molecule has 0 aromatic rings. The summed E-state index contributed by atoms with van der Waals surface area (Å²) in [4.78, 5) is 27.0. The Morgan fingerprint density at radius 1 is 1.35 bits per heavy atom. The number of carbonyl (C=O) groups is 2. The van der Waals surface area contributed by atoms with Crippen molar-refractivity contribution in [2.24, 2.45) is 5.92 Å². The van der Waals surface area contributed by atoms with Crippen molar-refractivity contribution in [3.63, 3.8) is 0 Å². The molecule has 2 amide bonds. The Kier molecular flexibility index (Phi) is 6.26. The Balaban J connectivity index is 2.58. The van der Waals surface area contributed by atoms with E-state index in [-0.39, 0.29) is 24.5 Å². The Hall–Kier alpha value is -1.30. The van der Waals surface area contributed by atoms with Crippen LogP contribution in [0.1, 0.15) is 33.1 Å². The van der Waals surface area contributed by atoms with Crippen LogP contribution in [0.25, 0.3) is 0 Å². The van der Waals surface area contributed by atoms with Gasteiger partial charge in [-0.3, -0.25) is 4.79 Å². The molecule has 1 saturated carbocycles. The van der Waals surface area contributed by atoms with Gasteiger partial charge in [0, 0.05) is 25.2 Å². The number of rotatable bonds is 8. The number of nitrogens with zero attached hydrogens (tertiary/aromatic N) is 2. The number of aliphatic carboxylic acids is 1. The third-order valence-electron chi connectivity index (χ3n) is 3.66. The number of urea groups is 1. The van der Waals surface area contributed by atoms with E-state index in [1.165, 1.54) is 0 Å². The van der Waals surface area contributed by atoms with E-state index in [0.717, 1.165) is 19.4 Å². The predicted molar refractivity (Wildman–Crippen MR) is 77.7 cm³/mol. The van der Waals surface area contributed by atoms with Crippen LogP contribution in [-0.2, 0) is 4.79 Å². The van der Waals surface area contributed by atoms with Gasteiger partial charge >= 0.3 is 12.0 Å². The summed E-state index contributed by atoms with van der Waals surface area (Å²) in [7, 11) is 3.94. The van der Waals surface area contributed by atoms with Gasteiger partial charge in [-0.05, 0) is 46.7 Å². The Morgan fingerprint density at radius 2 is 1.95 bits per heavy atom. The van der Waals surface area contributed by atoms with Crippen molar-refractivity contribution in [1.82, 2.24) is 15.1 Å². The third-order valence-corrected chi connectivity index (χ3v) is 3.66. The monoisotopic (exact) mass is 285 g/mol. The minimum Gasteiger partial charge on any atom is -0.481 e. The molecular weight excluding hydrogens is 258 g/mol. The third kappa shape index (κ3) is 5.36. The smallest absolute Gasteiger partial charge is 0.317 e. The molecule has 0 aromatic carbocycles. The van der Waals surface area contributed by atoms with Gasteiger partial charge in [-0.15, -0.1) is 0 Å². The largest absolute Gasteiger partial charge is 0.481 e. The van der Waals surface area contributed by atoms with Gasteiger partial charge < -0.3 is 20.2 Å². The highest BCUT2D eigenvalue weighted by molar-refractivity contribution is 5.76. The van der Waals surface area contributed by atoms with E-state index in [1.54, 1.807) is 4.90 Å². The lowest BCUT2D eigenvalue weighted by Gasteiger charge is -2.31. The highest BCUT2D eigenvalue weighted by atomic mass is 16.4. The van der Waals surface area contributed by atoms with E-state index in [1.807, 2.05) is 32.8 Å². The predicted octanol–water partition coefficient (Wildman–Crippen LogP) is 1.22. The van der Waals surface area contributed by atoms with Crippen LogP contribution in [0.15, 0.2) is 0 Å². The molecule has 0 heterocycles. The van der Waals surface area contributed by atoms with Crippen LogP contribution < -0.4 is 5.32 Å². The zero-order valence-corrected chi connectivity index (χ0v) is 12.9. The molecule has 2 unspecified atom stereocenters. The van der Waals surface area contributed by atoms with Gasteiger partial charge in [-0.1, -0.05) is 0 Å². The number of amides is 2. The van der Waals surface area contributed by atoms with E-state index >= 15 is 0 Å². The van der Waals surface area contributed by atoms with Crippen LogP contribution in [-0.4, -0.2) is 66.2 Å². The zero-order valence-electron chi connectivity index (χ0n) is 12.9. The van der Waals surface area contributed by atoms with Gasteiger partial charge in [-0.2, -0.15) is 0 Å². The van der Waals surface area contributed by atoms with E-state index in [9.17, 15) is 9.59 Å². The van der Waals surface area contributed by atoms with E-state index in [2.05, 4.69) is 5.32 Å². The summed E-state index contributed by atoms with van der Waals surface area (Å²) >= 11 is 0. The van der Waals surface area contributed by atoms with Crippen molar-refractivity contribution in [3.05, 3.63) is 0 Å². The van der Waals surface area contributed by atoms with Crippen LogP contribution in [0.4, 0.5) is 4.79 Å². The van der Waals surface area contributed by atoms with Gasteiger partial charge in [-0.25, -0.2) is 4.79 Å². The number of nitrogens with one attached hydrogen (secondary N) is 1. The van der Waals surface area contributed by atoms with Gasteiger partial charge in [0.1, 0.15) is 0 Å². The SMILES string of the molecule is CCN(C(=O)NC(CC(=O)O)C1CC1)C(C)CN(C)C. The van der Waals surface area contributed by atoms with Crippen LogP contribution in [0.2, 0.25) is 0 Å². The second kappa shape index (κ2) is 7.47. The molecule has 0 saturated heterocycles. The van der Waals surface area contributed by atoms with Crippen molar-refractivity contribution in [2.45, 2.75) is 45.2 Å². The maximum atomic E-state index is 12.3. The first kappa shape index (κ1) is 16.8.